The number of amides is 1. The lowest BCUT2D eigenvalue weighted by atomic mass is 10.0. The van der Waals surface area contributed by atoms with Crippen LogP contribution < -0.4 is 0 Å². The number of halogens is 2. The Morgan fingerprint density at radius 3 is 2.55 bits per heavy atom. The van der Waals surface area contributed by atoms with Crippen molar-refractivity contribution in [2.75, 3.05) is 6.54 Å². The van der Waals surface area contributed by atoms with Gasteiger partial charge in [0.05, 0.1) is 10.0 Å². The van der Waals surface area contributed by atoms with Crippen LogP contribution in [0, 0.1) is 5.92 Å². The third kappa shape index (κ3) is 4.13. The normalized spacial score (nSPS) is 15.6. The van der Waals surface area contributed by atoms with Crippen LogP contribution in [0.1, 0.15) is 44.6 Å². The molecule has 0 radical (unpaired) electrons. The molecule has 4 heteroatoms. The second kappa shape index (κ2) is 7.33. The predicted molar refractivity (Wildman–Crippen MR) is 84.1 cm³/mol. The van der Waals surface area contributed by atoms with Crippen LogP contribution in [0.2, 0.25) is 10.0 Å². The number of rotatable bonds is 5. The first kappa shape index (κ1) is 15.7. The van der Waals surface area contributed by atoms with Gasteiger partial charge in [0.2, 0.25) is 5.91 Å². The Bertz CT molecular complexity index is 470. The minimum absolute atomic E-state index is 0.255. The van der Waals surface area contributed by atoms with Crippen LogP contribution in [0.3, 0.4) is 0 Å². The van der Waals surface area contributed by atoms with Crippen LogP contribution in [-0.2, 0) is 11.3 Å². The molecule has 0 heterocycles. The van der Waals surface area contributed by atoms with Crippen LogP contribution in [0.25, 0.3) is 0 Å². The number of carbonyl (C=O) groups excluding carboxylic acids is 1. The standard InChI is InChI=1S/C16H21Cl2NO/c1-2-19(16(20)10-12-5-3-4-6-12)11-13-7-8-14(17)15(18)9-13/h7-9,12H,2-6,10-11H2,1H3. The van der Waals surface area contributed by atoms with Crippen molar-refractivity contribution in [1.29, 1.82) is 0 Å². The maximum Gasteiger partial charge on any atom is 0.223 e. The second-order valence-electron chi connectivity index (χ2n) is 5.51. The summed E-state index contributed by atoms with van der Waals surface area (Å²) in [7, 11) is 0. The summed E-state index contributed by atoms with van der Waals surface area (Å²) in [5, 5.41) is 1.10. The first-order valence-electron chi connectivity index (χ1n) is 7.32. The van der Waals surface area contributed by atoms with Crippen molar-refractivity contribution in [3.63, 3.8) is 0 Å². The van der Waals surface area contributed by atoms with Crippen molar-refractivity contribution in [1.82, 2.24) is 4.90 Å². The molecule has 0 spiro atoms. The summed E-state index contributed by atoms with van der Waals surface area (Å²) in [5.41, 5.74) is 1.03. The van der Waals surface area contributed by atoms with Crippen LogP contribution in [-0.4, -0.2) is 17.4 Å². The van der Waals surface area contributed by atoms with Gasteiger partial charge in [-0.25, -0.2) is 0 Å². The SMILES string of the molecule is CCN(Cc1ccc(Cl)c(Cl)c1)C(=O)CC1CCCC1. The maximum absolute atomic E-state index is 12.4. The molecule has 0 atom stereocenters. The van der Waals surface area contributed by atoms with Crippen molar-refractivity contribution >= 4 is 29.1 Å². The summed E-state index contributed by atoms with van der Waals surface area (Å²) in [6.07, 6.45) is 5.65. The highest BCUT2D eigenvalue weighted by molar-refractivity contribution is 6.42. The van der Waals surface area contributed by atoms with Crippen molar-refractivity contribution < 1.29 is 4.79 Å². The monoisotopic (exact) mass is 313 g/mol. The first-order chi connectivity index (χ1) is 9.60. The molecule has 0 aliphatic heterocycles. The molecule has 110 valence electrons. The van der Waals surface area contributed by atoms with Crippen molar-refractivity contribution in [2.24, 2.45) is 5.92 Å². The first-order valence-corrected chi connectivity index (χ1v) is 8.07. The molecular formula is C16H21Cl2NO. The lowest BCUT2D eigenvalue weighted by molar-refractivity contribution is -0.132. The number of nitrogens with zero attached hydrogens (tertiary/aromatic N) is 1. The summed E-state index contributed by atoms with van der Waals surface area (Å²) in [4.78, 5) is 14.3. The number of carbonyl (C=O) groups is 1. The Kier molecular flexibility index (Phi) is 5.74. The summed E-state index contributed by atoms with van der Waals surface area (Å²) >= 11 is 11.9. The molecule has 1 aliphatic rings. The summed E-state index contributed by atoms with van der Waals surface area (Å²) in [5.74, 6) is 0.843. The molecule has 1 fully saturated rings. The fourth-order valence-electron chi connectivity index (χ4n) is 2.83. The fraction of sp³-hybridized carbons (Fsp3) is 0.562. The highest BCUT2D eigenvalue weighted by atomic mass is 35.5. The molecule has 0 unspecified atom stereocenters. The van der Waals surface area contributed by atoms with Crippen LogP contribution in [0.5, 0.6) is 0 Å². The average molecular weight is 314 g/mol. The van der Waals surface area contributed by atoms with E-state index in [1.807, 2.05) is 24.0 Å². The maximum atomic E-state index is 12.4. The van der Waals surface area contributed by atoms with Gasteiger partial charge >= 0.3 is 0 Å². The zero-order valence-corrected chi connectivity index (χ0v) is 13.4. The van der Waals surface area contributed by atoms with Gasteiger partial charge in [0.15, 0.2) is 0 Å². The molecule has 0 bridgehead atoms. The quantitative estimate of drug-likeness (QED) is 0.755. The zero-order chi connectivity index (χ0) is 14.5. The Morgan fingerprint density at radius 2 is 1.95 bits per heavy atom. The topological polar surface area (TPSA) is 20.3 Å². The van der Waals surface area contributed by atoms with Gasteiger partial charge in [0.1, 0.15) is 0 Å². The third-order valence-electron chi connectivity index (χ3n) is 4.03. The van der Waals surface area contributed by atoms with Crippen LogP contribution >= 0.6 is 23.2 Å². The van der Waals surface area contributed by atoms with E-state index < -0.39 is 0 Å². The van der Waals surface area contributed by atoms with E-state index in [2.05, 4.69) is 0 Å². The lowest BCUT2D eigenvalue weighted by Gasteiger charge is -2.23. The molecule has 1 aromatic rings. The van der Waals surface area contributed by atoms with Gasteiger partial charge in [-0.2, -0.15) is 0 Å². The molecule has 2 rings (SSSR count). The van der Waals surface area contributed by atoms with E-state index in [1.54, 1.807) is 6.07 Å². The molecule has 2 nitrogen and oxygen atoms in total. The highest BCUT2D eigenvalue weighted by Gasteiger charge is 2.21. The van der Waals surface area contributed by atoms with Crippen molar-refractivity contribution in [3.05, 3.63) is 33.8 Å². The van der Waals surface area contributed by atoms with E-state index in [1.165, 1.54) is 25.7 Å². The minimum atomic E-state index is 0.255. The highest BCUT2D eigenvalue weighted by Crippen LogP contribution is 2.28. The minimum Gasteiger partial charge on any atom is -0.339 e. The Morgan fingerprint density at radius 1 is 1.25 bits per heavy atom. The summed E-state index contributed by atoms with van der Waals surface area (Å²) in [6, 6.07) is 5.56. The van der Waals surface area contributed by atoms with Crippen LogP contribution in [0.15, 0.2) is 18.2 Å². The smallest absolute Gasteiger partial charge is 0.223 e. The number of hydrogen-bond donors (Lipinski definition) is 0. The van der Waals surface area contributed by atoms with E-state index in [4.69, 9.17) is 23.2 Å². The van der Waals surface area contributed by atoms with E-state index in [-0.39, 0.29) is 5.91 Å². The molecule has 20 heavy (non-hydrogen) atoms. The van der Waals surface area contributed by atoms with E-state index in [0.29, 0.717) is 28.9 Å². The van der Waals surface area contributed by atoms with E-state index in [9.17, 15) is 4.79 Å². The number of benzene rings is 1. The van der Waals surface area contributed by atoms with Gasteiger partial charge < -0.3 is 4.90 Å². The summed E-state index contributed by atoms with van der Waals surface area (Å²) in [6.45, 7) is 3.36. The largest absolute Gasteiger partial charge is 0.339 e. The molecule has 0 N–H and O–H groups in total. The molecule has 1 aliphatic carbocycles. The van der Waals surface area contributed by atoms with Gasteiger partial charge in [-0.3, -0.25) is 4.79 Å². The van der Waals surface area contributed by atoms with Crippen molar-refractivity contribution in [2.45, 2.75) is 45.6 Å². The summed E-state index contributed by atoms with van der Waals surface area (Å²) < 4.78 is 0. The van der Waals surface area contributed by atoms with E-state index in [0.717, 1.165) is 12.1 Å². The zero-order valence-electron chi connectivity index (χ0n) is 11.9. The number of hydrogen-bond acceptors (Lipinski definition) is 1. The predicted octanol–water partition coefficient (Wildman–Crippen LogP) is 4.92. The molecule has 1 saturated carbocycles. The fourth-order valence-corrected chi connectivity index (χ4v) is 3.15. The van der Waals surface area contributed by atoms with Gasteiger partial charge in [0.25, 0.3) is 0 Å². The average Bonchev–Trinajstić information content (AvgIpc) is 2.92. The van der Waals surface area contributed by atoms with Gasteiger partial charge in [-0.1, -0.05) is 42.1 Å². The molecule has 1 amide bonds. The van der Waals surface area contributed by atoms with Crippen molar-refractivity contribution in [3.8, 4) is 0 Å². The van der Waals surface area contributed by atoms with Gasteiger partial charge in [0, 0.05) is 19.5 Å². The third-order valence-corrected chi connectivity index (χ3v) is 4.77. The molecule has 0 saturated heterocycles. The second-order valence-corrected chi connectivity index (χ2v) is 6.33. The lowest BCUT2D eigenvalue weighted by Crippen LogP contribution is -2.31. The molecule has 1 aromatic carbocycles. The van der Waals surface area contributed by atoms with Crippen LogP contribution in [0.4, 0.5) is 0 Å². The van der Waals surface area contributed by atoms with Gasteiger partial charge in [-0.05, 0) is 43.4 Å². The Labute approximate surface area is 131 Å². The Hall–Kier alpha value is -0.730. The van der Waals surface area contributed by atoms with E-state index >= 15 is 0 Å². The molecule has 0 aromatic heterocycles. The Balaban J connectivity index is 1.96. The van der Waals surface area contributed by atoms with Gasteiger partial charge in [-0.15, -0.1) is 0 Å². The molecular weight excluding hydrogens is 293 g/mol.